The third-order valence-corrected chi connectivity index (χ3v) is 9.69. The van der Waals surface area contributed by atoms with Gasteiger partial charge in [-0.15, -0.1) is 0 Å². The Labute approximate surface area is 149 Å². The van der Waals surface area contributed by atoms with Gasteiger partial charge in [0, 0.05) is 0 Å². The van der Waals surface area contributed by atoms with Crippen LogP contribution in [0, 0.1) is 0 Å². The second-order valence-corrected chi connectivity index (χ2v) is 9.96. The Morgan fingerprint density at radius 2 is 1.92 bits per heavy atom. The summed E-state index contributed by atoms with van der Waals surface area (Å²) < 4.78 is 2.00. The van der Waals surface area contributed by atoms with E-state index < -0.39 is 5.97 Å². The molecule has 0 radical (unpaired) electrons. The van der Waals surface area contributed by atoms with Crippen molar-refractivity contribution in [2.24, 2.45) is 0 Å². The first-order valence-corrected chi connectivity index (χ1v) is 10.8. The Kier molecular flexibility index (Phi) is 4.24. The molecule has 4 atom stereocenters. The number of aliphatic carboxylic acids is 1. The van der Waals surface area contributed by atoms with Crippen molar-refractivity contribution in [3.05, 3.63) is 65.7 Å². The van der Waals surface area contributed by atoms with Gasteiger partial charge in [0.15, 0.2) is 0 Å². The number of piperidine rings is 1. The number of nitrogens with one attached hydrogen (secondary N) is 1. The first-order chi connectivity index (χ1) is 11.7. The fourth-order valence-electron chi connectivity index (χ4n) is 4.47. The van der Waals surface area contributed by atoms with Crippen LogP contribution in [0.4, 0.5) is 0 Å². The van der Waals surface area contributed by atoms with Crippen LogP contribution < -0.4 is 9.67 Å². The number of hydrogen-bond donors (Lipinski definition) is 2. The van der Waals surface area contributed by atoms with Gasteiger partial charge in [-0.25, -0.2) is 0 Å². The van der Waals surface area contributed by atoms with Crippen molar-refractivity contribution in [2.45, 2.75) is 35.4 Å². The molecule has 2 aliphatic rings. The van der Waals surface area contributed by atoms with Gasteiger partial charge < -0.3 is 0 Å². The zero-order valence-electron chi connectivity index (χ0n) is 13.5. The first kappa shape index (κ1) is 15.9. The average molecular weight is 383 g/mol. The van der Waals surface area contributed by atoms with E-state index in [0.717, 1.165) is 19.4 Å². The minimum atomic E-state index is -0.693. The molecule has 2 N–H and O–H groups in total. The Balaban J connectivity index is 1.72. The summed E-state index contributed by atoms with van der Waals surface area (Å²) in [7, 11) is 0. The van der Waals surface area contributed by atoms with Gasteiger partial charge in [-0.2, -0.15) is 0 Å². The summed E-state index contributed by atoms with van der Waals surface area (Å²) in [6.07, 6.45) is 2.14. The van der Waals surface area contributed by atoms with Crippen LogP contribution in [0.25, 0.3) is 0 Å². The first-order valence-electron chi connectivity index (χ1n) is 8.54. The third kappa shape index (κ3) is 2.81. The van der Waals surface area contributed by atoms with Crippen LogP contribution in [-0.2, 0) is 11.2 Å². The summed E-state index contributed by atoms with van der Waals surface area (Å²) in [6, 6.07) is 19.1. The molecule has 1 fully saturated rings. The molecule has 2 aromatic carbocycles. The normalized spacial score (nSPS) is 29.2. The minimum absolute atomic E-state index is 0.209. The molecule has 4 unspecified atom stereocenters. The molecule has 1 saturated heterocycles. The van der Waals surface area contributed by atoms with Crippen LogP contribution >= 0.6 is 0 Å². The molecule has 4 heteroatoms. The van der Waals surface area contributed by atoms with Gasteiger partial charge in [-0.05, 0) is 0 Å². The van der Waals surface area contributed by atoms with E-state index in [1.807, 2.05) is 18.2 Å². The van der Waals surface area contributed by atoms with Gasteiger partial charge in [0.1, 0.15) is 0 Å². The summed E-state index contributed by atoms with van der Waals surface area (Å²) in [4.78, 5) is 11.7. The van der Waals surface area contributed by atoms with Crippen molar-refractivity contribution >= 4 is 26.1 Å². The summed E-state index contributed by atoms with van der Waals surface area (Å²) in [5, 5.41) is 13.3. The monoisotopic (exact) mass is 383 g/mol. The van der Waals surface area contributed by atoms with E-state index in [4.69, 9.17) is 0 Å². The van der Waals surface area contributed by atoms with E-state index in [2.05, 4.69) is 41.7 Å². The molecular weight excluding hydrogens is 361 g/mol. The molecule has 2 heterocycles. The van der Waals surface area contributed by atoms with Crippen LogP contribution in [0.15, 0.2) is 54.6 Å². The zero-order valence-corrected chi connectivity index (χ0v) is 15.6. The third-order valence-electron chi connectivity index (χ3n) is 5.43. The van der Waals surface area contributed by atoms with Crippen molar-refractivity contribution < 1.29 is 9.90 Å². The zero-order chi connectivity index (χ0) is 16.6. The van der Waals surface area contributed by atoms with Crippen molar-refractivity contribution in [1.82, 2.24) is 5.32 Å². The van der Waals surface area contributed by atoms with Crippen molar-refractivity contribution in [1.29, 1.82) is 0 Å². The summed E-state index contributed by atoms with van der Waals surface area (Å²) in [5.41, 5.74) is 2.41. The number of carboxylic acid groups (broad SMARTS) is 1. The molecule has 4 rings (SSSR count). The van der Waals surface area contributed by atoms with Crippen molar-refractivity contribution in [3.8, 4) is 0 Å². The van der Waals surface area contributed by atoms with Gasteiger partial charge >= 0.3 is 149 Å². The number of carboxylic acids is 1. The van der Waals surface area contributed by atoms with Crippen LogP contribution in [0.2, 0.25) is 4.71 Å². The van der Waals surface area contributed by atoms with Crippen LogP contribution in [0.3, 0.4) is 0 Å². The van der Waals surface area contributed by atoms with Gasteiger partial charge in [0.25, 0.3) is 0 Å². The van der Waals surface area contributed by atoms with Crippen molar-refractivity contribution in [3.63, 3.8) is 0 Å². The number of benzene rings is 2. The predicted molar refractivity (Wildman–Crippen MR) is 97.5 cm³/mol. The molecule has 2 aliphatic heterocycles. The molecule has 0 bridgehead atoms. The standard InChI is InChI=1S/C20H22AsNO2/c23-18(24)13-20(12-14-6-2-1-3-7-14)19-16(10-11-22-20)15-8-4-5-9-17(15)21-19/h1-9,16,19,21-22H,10-13H2,(H,23,24). The molecule has 124 valence electrons. The van der Waals surface area contributed by atoms with Crippen LogP contribution in [-0.4, -0.2) is 38.9 Å². The van der Waals surface area contributed by atoms with E-state index in [1.54, 1.807) is 0 Å². The summed E-state index contributed by atoms with van der Waals surface area (Å²) >= 11 is -0.343. The van der Waals surface area contributed by atoms with Gasteiger partial charge in [-0.3, -0.25) is 0 Å². The quantitative estimate of drug-likeness (QED) is 0.795. The van der Waals surface area contributed by atoms with Gasteiger partial charge in [0.2, 0.25) is 0 Å². The van der Waals surface area contributed by atoms with E-state index in [-0.39, 0.29) is 27.7 Å². The fraction of sp³-hybridized carbons (Fsp3) is 0.350. The molecule has 0 amide bonds. The van der Waals surface area contributed by atoms with Gasteiger partial charge in [-0.1, -0.05) is 0 Å². The SMILES string of the molecule is O=C(O)CC1(Cc2ccccc2)NCCC2c3ccccc3[AsH]C21. The molecule has 0 spiro atoms. The molecule has 2 aromatic rings. The molecule has 24 heavy (non-hydrogen) atoms. The number of carbonyl (C=O) groups is 1. The van der Waals surface area contributed by atoms with Crippen LogP contribution in [0.5, 0.6) is 0 Å². The molecule has 3 nitrogen and oxygen atoms in total. The maximum atomic E-state index is 11.7. The molecule has 0 aromatic heterocycles. The van der Waals surface area contributed by atoms with Gasteiger partial charge in [0.05, 0.1) is 0 Å². The van der Waals surface area contributed by atoms with E-state index in [0.29, 0.717) is 10.6 Å². The maximum absolute atomic E-state index is 11.7. The molecular formula is C20H22AsNO2. The van der Waals surface area contributed by atoms with E-state index in [1.165, 1.54) is 15.5 Å². The number of fused-ring (bicyclic) bond motifs is 3. The topological polar surface area (TPSA) is 49.3 Å². The predicted octanol–water partition coefficient (Wildman–Crippen LogP) is 2.08. The van der Waals surface area contributed by atoms with Crippen LogP contribution in [0.1, 0.15) is 29.9 Å². The van der Waals surface area contributed by atoms with Crippen molar-refractivity contribution in [2.75, 3.05) is 6.54 Å². The Morgan fingerprint density at radius 3 is 2.71 bits per heavy atom. The second-order valence-electron chi connectivity index (χ2n) is 6.92. The van der Waals surface area contributed by atoms with E-state index >= 15 is 0 Å². The molecule has 0 saturated carbocycles. The summed E-state index contributed by atoms with van der Waals surface area (Å²) in [6.45, 7) is 0.905. The Morgan fingerprint density at radius 1 is 1.17 bits per heavy atom. The average Bonchev–Trinajstić information content (AvgIpc) is 2.96. The fourth-order valence-corrected chi connectivity index (χ4v) is 8.86. The number of hydrogen-bond acceptors (Lipinski definition) is 2. The molecule has 0 aliphatic carbocycles. The Hall–Kier alpha value is -1.57. The number of rotatable bonds is 4. The summed E-state index contributed by atoms with van der Waals surface area (Å²) in [5.74, 6) is -0.160. The second kappa shape index (κ2) is 6.38. The van der Waals surface area contributed by atoms with E-state index in [9.17, 15) is 9.90 Å². The Bertz CT molecular complexity index is 748.